The number of anilines is 1. The molecule has 0 aliphatic rings. The number of nitrogens with zero attached hydrogens (tertiary/aromatic N) is 1. The van der Waals surface area contributed by atoms with E-state index in [1.54, 1.807) is 0 Å². The maximum absolute atomic E-state index is 12.4. The first-order chi connectivity index (χ1) is 12.5. The molecule has 7 nitrogen and oxygen atoms in total. The molecule has 0 saturated carbocycles. The maximum Gasteiger partial charge on any atom is 0.337 e. The molecular formula is C19H20N2O5. The molecule has 2 rings (SSSR count). The van der Waals surface area contributed by atoms with E-state index in [1.165, 1.54) is 36.3 Å². The summed E-state index contributed by atoms with van der Waals surface area (Å²) in [5, 5.41) is 11.7. The predicted molar refractivity (Wildman–Crippen MR) is 95.4 cm³/mol. The standard InChI is InChI=1S/C19H20N2O5/c1-26-19(25)15-7-9-16(10-8-15)20-17(23)18(24)21(11-12-22)13-14-5-3-2-4-6-14/h2-10,22H,11-13H2,1H3,(H,20,23). The van der Waals surface area contributed by atoms with Gasteiger partial charge in [0.1, 0.15) is 0 Å². The number of nitrogens with one attached hydrogen (secondary N) is 1. The maximum atomic E-state index is 12.4. The predicted octanol–water partition coefficient (Wildman–Crippen LogP) is 1.43. The summed E-state index contributed by atoms with van der Waals surface area (Å²) in [6.07, 6.45) is 0. The number of amides is 2. The normalized spacial score (nSPS) is 10.1. The Morgan fingerprint density at radius 2 is 1.69 bits per heavy atom. The van der Waals surface area contributed by atoms with E-state index in [-0.39, 0.29) is 19.7 Å². The van der Waals surface area contributed by atoms with Crippen LogP contribution < -0.4 is 5.32 Å². The third kappa shape index (κ3) is 5.15. The lowest BCUT2D eigenvalue weighted by molar-refractivity contribution is -0.143. The molecule has 0 aliphatic heterocycles. The summed E-state index contributed by atoms with van der Waals surface area (Å²) in [5.41, 5.74) is 1.56. The number of methoxy groups -OCH3 is 1. The van der Waals surface area contributed by atoms with Crippen LogP contribution in [0, 0.1) is 0 Å². The van der Waals surface area contributed by atoms with E-state index in [4.69, 9.17) is 0 Å². The van der Waals surface area contributed by atoms with Gasteiger partial charge in [0, 0.05) is 18.8 Å². The lowest BCUT2D eigenvalue weighted by Gasteiger charge is -2.21. The molecule has 0 heterocycles. The van der Waals surface area contributed by atoms with Gasteiger partial charge in [-0.2, -0.15) is 0 Å². The number of rotatable bonds is 6. The van der Waals surface area contributed by atoms with Gasteiger partial charge in [-0.15, -0.1) is 0 Å². The smallest absolute Gasteiger partial charge is 0.337 e. The third-order valence-electron chi connectivity index (χ3n) is 3.63. The Balaban J connectivity index is 2.03. The fourth-order valence-corrected chi connectivity index (χ4v) is 2.31. The Labute approximate surface area is 151 Å². The molecule has 0 aliphatic carbocycles. The Morgan fingerprint density at radius 1 is 1.04 bits per heavy atom. The van der Waals surface area contributed by atoms with Crippen molar-refractivity contribution in [2.24, 2.45) is 0 Å². The van der Waals surface area contributed by atoms with Crippen molar-refractivity contribution >= 4 is 23.5 Å². The number of hydrogen-bond acceptors (Lipinski definition) is 5. The van der Waals surface area contributed by atoms with Crippen molar-refractivity contribution in [2.75, 3.05) is 25.6 Å². The monoisotopic (exact) mass is 356 g/mol. The van der Waals surface area contributed by atoms with Crippen LogP contribution in [-0.2, 0) is 20.9 Å². The highest BCUT2D eigenvalue weighted by molar-refractivity contribution is 6.39. The fourth-order valence-electron chi connectivity index (χ4n) is 2.31. The quantitative estimate of drug-likeness (QED) is 0.603. The second-order valence-electron chi connectivity index (χ2n) is 5.46. The number of hydrogen-bond donors (Lipinski definition) is 2. The Morgan fingerprint density at radius 3 is 2.27 bits per heavy atom. The summed E-state index contributed by atoms with van der Waals surface area (Å²) >= 11 is 0. The first-order valence-corrected chi connectivity index (χ1v) is 7.98. The Kier molecular flexibility index (Phi) is 6.87. The van der Waals surface area contributed by atoms with E-state index in [2.05, 4.69) is 10.1 Å². The number of esters is 1. The Bertz CT molecular complexity index is 759. The largest absolute Gasteiger partial charge is 0.465 e. The van der Waals surface area contributed by atoms with Gasteiger partial charge < -0.3 is 20.1 Å². The lowest BCUT2D eigenvalue weighted by atomic mass is 10.2. The highest BCUT2D eigenvalue weighted by Gasteiger charge is 2.22. The zero-order valence-corrected chi connectivity index (χ0v) is 14.3. The van der Waals surface area contributed by atoms with Gasteiger partial charge in [-0.05, 0) is 29.8 Å². The molecule has 0 spiro atoms. The van der Waals surface area contributed by atoms with Crippen LogP contribution in [-0.4, -0.2) is 48.1 Å². The summed E-state index contributed by atoms with van der Waals surface area (Å²) in [6, 6.07) is 15.2. The zero-order valence-electron chi connectivity index (χ0n) is 14.3. The van der Waals surface area contributed by atoms with Crippen molar-refractivity contribution in [3.63, 3.8) is 0 Å². The van der Waals surface area contributed by atoms with Crippen molar-refractivity contribution in [3.8, 4) is 0 Å². The van der Waals surface area contributed by atoms with Crippen LogP contribution in [0.3, 0.4) is 0 Å². The molecule has 0 unspecified atom stereocenters. The number of aliphatic hydroxyl groups excluding tert-OH is 1. The Hall–Kier alpha value is -3.19. The van der Waals surface area contributed by atoms with E-state index < -0.39 is 17.8 Å². The summed E-state index contributed by atoms with van der Waals surface area (Å²) in [6.45, 7) is 0.0110. The van der Waals surface area contributed by atoms with Gasteiger partial charge in [0.25, 0.3) is 0 Å². The molecule has 2 N–H and O–H groups in total. The molecule has 136 valence electrons. The van der Waals surface area contributed by atoms with Crippen molar-refractivity contribution < 1.29 is 24.2 Å². The molecular weight excluding hydrogens is 336 g/mol. The van der Waals surface area contributed by atoms with Gasteiger partial charge in [-0.25, -0.2) is 4.79 Å². The van der Waals surface area contributed by atoms with Gasteiger partial charge in [-0.1, -0.05) is 30.3 Å². The molecule has 2 amide bonds. The SMILES string of the molecule is COC(=O)c1ccc(NC(=O)C(=O)N(CCO)Cc2ccccc2)cc1. The van der Waals surface area contributed by atoms with Crippen LogP contribution >= 0.6 is 0 Å². The lowest BCUT2D eigenvalue weighted by Crippen LogP contribution is -2.40. The van der Waals surface area contributed by atoms with E-state index in [0.29, 0.717) is 11.3 Å². The molecule has 0 bridgehead atoms. The molecule has 7 heteroatoms. The van der Waals surface area contributed by atoms with Crippen molar-refractivity contribution in [2.45, 2.75) is 6.54 Å². The molecule has 0 atom stereocenters. The van der Waals surface area contributed by atoms with Crippen molar-refractivity contribution in [3.05, 3.63) is 65.7 Å². The van der Waals surface area contributed by atoms with E-state index in [0.717, 1.165) is 5.56 Å². The minimum absolute atomic E-state index is 0.0441. The minimum Gasteiger partial charge on any atom is -0.465 e. The number of ether oxygens (including phenoxy) is 1. The van der Waals surface area contributed by atoms with Crippen LogP contribution in [0.4, 0.5) is 5.69 Å². The average molecular weight is 356 g/mol. The number of carbonyl (C=O) groups excluding carboxylic acids is 3. The number of aliphatic hydroxyl groups is 1. The minimum atomic E-state index is -0.819. The zero-order chi connectivity index (χ0) is 18.9. The first-order valence-electron chi connectivity index (χ1n) is 7.98. The highest BCUT2D eigenvalue weighted by Crippen LogP contribution is 2.11. The molecule has 2 aromatic carbocycles. The second-order valence-corrected chi connectivity index (χ2v) is 5.46. The molecule has 0 saturated heterocycles. The van der Waals surface area contributed by atoms with Gasteiger partial charge in [0.2, 0.25) is 0 Å². The second kappa shape index (κ2) is 9.33. The average Bonchev–Trinajstić information content (AvgIpc) is 2.67. The van der Waals surface area contributed by atoms with Gasteiger partial charge in [-0.3, -0.25) is 9.59 Å². The van der Waals surface area contributed by atoms with Crippen LogP contribution in [0.25, 0.3) is 0 Å². The van der Waals surface area contributed by atoms with Gasteiger partial charge in [0.15, 0.2) is 0 Å². The van der Waals surface area contributed by atoms with E-state index in [1.807, 2.05) is 30.3 Å². The van der Waals surface area contributed by atoms with Crippen molar-refractivity contribution in [1.82, 2.24) is 4.90 Å². The van der Waals surface area contributed by atoms with Gasteiger partial charge >= 0.3 is 17.8 Å². The van der Waals surface area contributed by atoms with E-state index >= 15 is 0 Å². The van der Waals surface area contributed by atoms with Crippen LogP contribution in [0.1, 0.15) is 15.9 Å². The van der Waals surface area contributed by atoms with Crippen LogP contribution in [0.2, 0.25) is 0 Å². The molecule has 2 aromatic rings. The summed E-state index contributed by atoms with van der Waals surface area (Å²) in [7, 11) is 1.28. The van der Waals surface area contributed by atoms with Gasteiger partial charge in [0.05, 0.1) is 19.3 Å². The summed E-state index contributed by atoms with van der Waals surface area (Å²) in [5.74, 6) is -2.06. The fraction of sp³-hybridized carbons (Fsp3) is 0.211. The summed E-state index contributed by atoms with van der Waals surface area (Å²) in [4.78, 5) is 37.3. The number of carbonyl (C=O) groups is 3. The van der Waals surface area contributed by atoms with E-state index in [9.17, 15) is 19.5 Å². The van der Waals surface area contributed by atoms with Crippen LogP contribution in [0.15, 0.2) is 54.6 Å². The molecule has 0 radical (unpaired) electrons. The third-order valence-corrected chi connectivity index (χ3v) is 3.63. The molecule has 0 fully saturated rings. The van der Waals surface area contributed by atoms with Crippen LogP contribution in [0.5, 0.6) is 0 Å². The number of benzene rings is 2. The summed E-state index contributed by atoms with van der Waals surface area (Å²) < 4.78 is 4.60. The molecule has 0 aromatic heterocycles. The topological polar surface area (TPSA) is 95.9 Å². The molecule has 26 heavy (non-hydrogen) atoms. The first kappa shape index (κ1) is 19.1. The van der Waals surface area contributed by atoms with Crippen molar-refractivity contribution in [1.29, 1.82) is 0 Å². The highest BCUT2D eigenvalue weighted by atomic mass is 16.5.